The number of nitrogens with zero attached hydrogens (tertiary/aromatic N) is 4. The van der Waals surface area contributed by atoms with E-state index in [1.165, 1.54) is 47.4 Å². The zero-order chi connectivity index (χ0) is 21.8. The lowest BCUT2D eigenvalue weighted by molar-refractivity contribution is -0.137. The molecule has 0 bridgehead atoms. The highest BCUT2D eigenvalue weighted by Gasteiger charge is 2.30. The summed E-state index contributed by atoms with van der Waals surface area (Å²) in [7, 11) is 0. The summed E-state index contributed by atoms with van der Waals surface area (Å²) in [5, 5.41) is 15.7. The summed E-state index contributed by atoms with van der Waals surface area (Å²) < 4.78 is 56.8. The van der Waals surface area contributed by atoms with Gasteiger partial charge in [-0.3, -0.25) is 0 Å². The first-order valence-corrected chi connectivity index (χ1v) is 10.6. The van der Waals surface area contributed by atoms with Crippen molar-refractivity contribution in [3.05, 3.63) is 71.4 Å². The van der Waals surface area contributed by atoms with E-state index in [9.17, 15) is 17.6 Å². The maximum Gasteiger partial charge on any atom is 0.416 e. The zero-order valence-corrected chi connectivity index (χ0v) is 17.2. The van der Waals surface area contributed by atoms with E-state index < -0.39 is 11.7 Å². The van der Waals surface area contributed by atoms with E-state index in [4.69, 9.17) is 4.52 Å². The van der Waals surface area contributed by atoms with Crippen LogP contribution in [-0.4, -0.2) is 20.3 Å². The summed E-state index contributed by atoms with van der Waals surface area (Å²) in [5.41, 5.74) is 0.597. The van der Waals surface area contributed by atoms with E-state index in [0.717, 1.165) is 17.7 Å². The van der Waals surface area contributed by atoms with Crippen molar-refractivity contribution in [2.75, 3.05) is 5.32 Å². The van der Waals surface area contributed by atoms with Crippen molar-refractivity contribution in [2.45, 2.75) is 22.8 Å². The average molecular weight is 467 g/mol. The third-order valence-corrected chi connectivity index (χ3v) is 6.02. The first kappa shape index (κ1) is 21.2. The Labute approximate surface area is 181 Å². The predicted octanol–water partition coefficient (Wildman–Crippen LogP) is 5.65. The topological polar surface area (TPSA) is 76.7 Å². The minimum Gasteiger partial charge on any atom is -0.356 e. The van der Waals surface area contributed by atoms with E-state index in [2.05, 4.69) is 25.7 Å². The lowest BCUT2D eigenvalue weighted by atomic mass is 10.1. The van der Waals surface area contributed by atoms with Crippen molar-refractivity contribution < 1.29 is 22.1 Å². The first-order valence-electron chi connectivity index (χ1n) is 8.82. The van der Waals surface area contributed by atoms with Gasteiger partial charge in [-0.2, -0.15) is 18.2 Å². The van der Waals surface area contributed by atoms with Crippen LogP contribution in [0.1, 0.15) is 17.0 Å². The van der Waals surface area contributed by atoms with Crippen molar-refractivity contribution >= 4 is 28.2 Å². The highest BCUT2D eigenvalue weighted by atomic mass is 32.2. The molecule has 0 saturated carbocycles. The van der Waals surface area contributed by atoms with Gasteiger partial charge < -0.3 is 9.84 Å². The van der Waals surface area contributed by atoms with E-state index in [1.807, 2.05) is 0 Å². The smallest absolute Gasteiger partial charge is 0.356 e. The number of rotatable bonds is 7. The van der Waals surface area contributed by atoms with Crippen LogP contribution in [0.25, 0.3) is 11.4 Å². The number of hydrogen-bond donors (Lipinski definition) is 1. The molecule has 2 heterocycles. The fourth-order valence-corrected chi connectivity index (χ4v) is 4.07. The SMILES string of the molecule is Fc1ccc(CNc2nnc(SCc3nc(-c4ccc(C(F)(F)F)cc4)no3)s2)cc1. The van der Waals surface area contributed by atoms with Crippen LogP contribution in [0, 0.1) is 5.82 Å². The van der Waals surface area contributed by atoms with Gasteiger partial charge in [0.1, 0.15) is 5.82 Å². The molecule has 0 aliphatic carbocycles. The Kier molecular flexibility index (Phi) is 6.18. The van der Waals surface area contributed by atoms with Gasteiger partial charge in [-0.1, -0.05) is 52.5 Å². The molecular weight excluding hydrogens is 454 g/mol. The number of alkyl halides is 3. The molecular formula is C19H13F4N5OS2. The Morgan fingerprint density at radius 2 is 1.74 bits per heavy atom. The molecule has 12 heteroatoms. The van der Waals surface area contributed by atoms with Gasteiger partial charge in [0.15, 0.2) is 4.34 Å². The quantitative estimate of drug-likeness (QED) is 0.278. The summed E-state index contributed by atoms with van der Waals surface area (Å²) in [5.74, 6) is 0.570. The fourth-order valence-electron chi connectivity index (χ4n) is 2.48. The van der Waals surface area contributed by atoms with Gasteiger partial charge in [0.25, 0.3) is 0 Å². The molecule has 0 radical (unpaired) electrons. The molecule has 1 N–H and O–H groups in total. The van der Waals surface area contributed by atoms with Crippen molar-refractivity contribution in [1.82, 2.24) is 20.3 Å². The molecule has 0 aliphatic heterocycles. The molecule has 4 aromatic rings. The van der Waals surface area contributed by atoms with Crippen LogP contribution in [0.3, 0.4) is 0 Å². The van der Waals surface area contributed by atoms with Gasteiger partial charge in [0, 0.05) is 12.1 Å². The Hall–Kier alpha value is -2.99. The lowest BCUT2D eigenvalue weighted by Crippen LogP contribution is -2.04. The van der Waals surface area contributed by atoms with Crippen LogP contribution in [0.5, 0.6) is 0 Å². The first-order chi connectivity index (χ1) is 14.9. The molecule has 6 nitrogen and oxygen atoms in total. The van der Waals surface area contributed by atoms with E-state index in [1.54, 1.807) is 12.1 Å². The largest absolute Gasteiger partial charge is 0.416 e. The molecule has 31 heavy (non-hydrogen) atoms. The molecule has 160 valence electrons. The summed E-state index contributed by atoms with van der Waals surface area (Å²) in [6, 6.07) is 10.7. The van der Waals surface area contributed by atoms with Crippen LogP contribution in [0.4, 0.5) is 22.7 Å². The Morgan fingerprint density at radius 3 is 2.45 bits per heavy atom. The standard InChI is InChI=1S/C19H13F4N5OS2/c20-14-7-1-11(2-8-14)9-24-17-26-27-18(31-17)30-10-15-25-16(28-29-15)12-3-5-13(6-4-12)19(21,22)23/h1-8H,9-10H2,(H,24,26). The van der Waals surface area contributed by atoms with Gasteiger partial charge in [-0.25, -0.2) is 4.39 Å². The number of nitrogens with one attached hydrogen (secondary N) is 1. The minimum absolute atomic E-state index is 0.211. The summed E-state index contributed by atoms with van der Waals surface area (Å²) >= 11 is 2.68. The normalized spacial score (nSPS) is 11.6. The molecule has 0 atom stereocenters. The van der Waals surface area contributed by atoms with Crippen molar-refractivity contribution in [2.24, 2.45) is 0 Å². The summed E-state index contributed by atoms with van der Waals surface area (Å²) in [6.45, 7) is 0.486. The van der Waals surface area contributed by atoms with Gasteiger partial charge in [-0.15, -0.1) is 10.2 Å². The number of thioether (sulfide) groups is 1. The van der Waals surface area contributed by atoms with Gasteiger partial charge in [0.05, 0.1) is 11.3 Å². The molecule has 0 spiro atoms. The maximum absolute atomic E-state index is 12.9. The van der Waals surface area contributed by atoms with Crippen LogP contribution in [-0.2, 0) is 18.5 Å². The Bertz CT molecular complexity index is 1140. The minimum atomic E-state index is -4.40. The van der Waals surface area contributed by atoms with Gasteiger partial charge in [0.2, 0.25) is 16.8 Å². The molecule has 0 fully saturated rings. The van der Waals surface area contributed by atoms with E-state index in [-0.39, 0.29) is 11.6 Å². The average Bonchev–Trinajstić information content (AvgIpc) is 3.41. The number of halogens is 4. The molecule has 0 amide bonds. The monoisotopic (exact) mass is 467 g/mol. The molecule has 4 rings (SSSR count). The van der Waals surface area contributed by atoms with Crippen molar-refractivity contribution in [3.8, 4) is 11.4 Å². The maximum atomic E-state index is 12.9. The molecule has 2 aromatic carbocycles. The molecule has 0 aliphatic rings. The molecule has 0 unspecified atom stereocenters. The number of hydrogen-bond acceptors (Lipinski definition) is 8. The van der Waals surface area contributed by atoms with Crippen LogP contribution < -0.4 is 5.32 Å². The van der Waals surface area contributed by atoms with E-state index >= 15 is 0 Å². The number of anilines is 1. The summed E-state index contributed by atoms with van der Waals surface area (Å²) in [6.07, 6.45) is -4.40. The van der Waals surface area contributed by atoms with Crippen LogP contribution >= 0.6 is 23.1 Å². The van der Waals surface area contributed by atoms with Gasteiger partial charge >= 0.3 is 6.18 Å². The summed E-state index contributed by atoms with van der Waals surface area (Å²) in [4.78, 5) is 4.21. The Morgan fingerprint density at radius 1 is 1.00 bits per heavy atom. The second-order valence-corrected chi connectivity index (χ2v) is 8.43. The zero-order valence-electron chi connectivity index (χ0n) is 15.6. The van der Waals surface area contributed by atoms with Crippen LogP contribution in [0.2, 0.25) is 0 Å². The second-order valence-electron chi connectivity index (χ2n) is 6.23. The molecule has 0 saturated heterocycles. The fraction of sp³-hybridized carbons (Fsp3) is 0.158. The number of aromatic nitrogens is 4. The number of benzene rings is 2. The van der Waals surface area contributed by atoms with Crippen LogP contribution in [0.15, 0.2) is 57.4 Å². The lowest BCUT2D eigenvalue weighted by Gasteiger charge is -2.05. The van der Waals surface area contributed by atoms with E-state index in [0.29, 0.717) is 33.2 Å². The highest BCUT2D eigenvalue weighted by Crippen LogP contribution is 2.31. The third-order valence-electron chi connectivity index (χ3n) is 4.02. The second kappa shape index (κ2) is 9.02. The highest BCUT2D eigenvalue weighted by molar-refractivity contribution is 8.00. The van der Waals surface area contributed by atoms with Crippen molar-refractivity contribution in [1.29, 1.82) is 0 Å². The predicted molar refractivity (Wildman–Crippen MR) is 108 cm³/mol. The van der Waals surface area contributed by atoms with Gasteiger partial charge in [-0.05, 0) is 29.8 Å². The van der Waals surface area contributed by atoms with Crippen molar-refractivity contribution in [3.63, 3.8) is 0 Å². The Balaban J connectivity index is 1.31. The third kappa shape index (κ3) is 5.58. The molecule has 2 aromatic heterocycles.